The van der Waals surface area contributed by atoms with E-state index in [0.29, 0.717) is 0 Å². The lowest BCUT2D eigenvalue weighted by molar-refractivity contribution is 0.465. The average Bonchev–Trinajstić information content (AvgIpc) is 3.38. The van der Waals surface area contributed by atoms with Crippen molar-refractivity contribution in [3.05, 3.63) is 222 Å². The second kappa shape index (κ2) is 18.1. The standard InChI is InChI=1S/C70H69BO2Si/c1-67(2,3)52-35-49(36-53(44-52)68(4,5)6)47-31-33-60-62(40-47)72-64-42-51(46-23-22-30-59(39-46)74(56-24-16-13-17-25-56,57-26-18-14-19-27-57)58-28-20-15-21-29-58)43-65-66(64)71(60)61-34-32-48(41-63(61)73-65)50-37-54(69(7,8)9)45-55(38-50)70(10,11)12/h13-45H,1-12H3. The van der Waals surface area contributed by atoms with Gasteiger partial charge in [-0.05, 0) is 133 Å². The number of rotatable bonds is 7. The molecule has 11 rings (SSSR count). The largest absolute Gasteiger partial charge is 0.458 e. The van der Waals surface area contributed by atoms with Gasteiger partial charge in [-0.1, -0.05) is 259 Å². The predicted molar refractivity (Wildman–Crippen MR) is 319 cm³/mol. The predicted octanol–water partition coefficient (Wildman–Crippen LogP) is 14.0. The molecule has 4 heteroatoms. The molecule has 0 fully saturated rings. The monoisotopic (exact) mass is 981 g/mol. The summed E-state index contributed by atoms with van der Waals surface area (Å²) in [5.74, 6) is 3.42. The van der Waals surface area contributed by atoms with Crippen LogP contribution in [-0.2, 0) is 21.7 Å². The van der Waals surface area contributed by atoms with Crippen molar-refractivity contribution in [3.8, 4) is 56.4 Å². The van der Waals surface area contributed by atoms with E-state index >= 15 is 0 Å². The van der Waals surface area contributed by atoms with Gasteiger partial charge in [0.1, 0.15) is 23.0 Å². The molecule has 2 nitrogen and oxygen atoms in total. The fraction of sp³-hybridized carbons (Fsp3) is 0.229. The van der Waals surface area contributed by atoms with Crippen LogP contribution in [0.1, 0.15) is 105 Å². The third-order valence-electron chi connectivity index (χ3n) is 15.7. The van der Waals surface area contributed by atoms with Gasteiger partial charge in [0.15, 0.2) is 8.07 Å². The van der Waals surface area contributed by atoms with Crippen molar-refractivity contribution in [2.75, 3.05) is 0 Å². The van der Waals surface area contributed by atoms with Crippen molar-refractivity contribution < 1.29 is 9.47 Å². The van der Waals surface area contributed by atoms with E-state index in [0.717, 1.165) is 61.6 Å². The van der Waals surface area contributed by atoms with Crippen LogP contribution in [-0.4, -0.2) is 14.8 Å². The Balaban J connectivity index is 1.11. The van der Waals surface area contributed by atoms with Gasteiger partial charge in [0.25, 0.3) is 6.71 Å². The number of benzene rings is 9. The summed E-state index contributed by atoms with van der Waals surface area (Å²) in [4.78, 5) is 0. The molecule has 0 bridgehead atoms. The Morgan fingerprint density at radius 2 is 0.608 bits per heavy atom. The van der Waals surface area contributed by atoms with Gasteiger partial charge in [0.2, 0.25) is 0 Å². The first-order chi connectivity index (χ1) is 35.2. The van der Waals surface area contributed by atoms with Gasteiger partial charge >= 0.3 is 0 Å². The van der Waals surface area contributed by atoms with Crippen LogP contribution in [0.4, 0.5) is 0 Å². The lowest BCUT2D eigenvalue weighted by atomic mass is 9.34. The zero-order chi connectivity index (χ0) is 52.0. The van der Waals surface area contributed by atoms with Crippen molar-refractivity contribution in [2.45, 2.75) is 105 Å². The zero-order valence-corrected chi connectivity index (χ0v) is 46.4. The molecule has 0 unspecified atom stereocenters. The molecule has 0 saturated heterocycles. The Morgan fingerprint density at radius 3 is 0.973 bits per heavy atom. The number of hydrogen-bond donors (Lipinski definition) is 0. The first kappa shape index (κ1) is 49.1. The molecular weight excluding hydrogens is 912 g/mol. The molecule has 0 saturated carbocycles. The van der Waals surface area contributed by atoms with E-state index in [4.69, 9.17) is 9.47 Å². The first-order valence-electron chi connectivity index (χ1n) is 26.6. The van der Waals surface area contributed by atoms with Gasteiger partial charge in [0.05, 0.1) is 0 Å². The second-order valence-electron chi connectivity index (χ2n) is 25.1. The highest BCUT2D eigenvalue weighted by Crippen LogP contribution is 2.42. The van der Waals surface area contributed by atoms with Crippen LogP contribution < -0.4 is 46.6 Å². The summed E-state index contributed by atoms with van der Waals surface area (Å²) < 4.78 is 14.6. The zero-order valence-electron chi connectivity index (χ0n) is 45.4. The van der Waals surface area contributed by atoms with Crippen LogP contribution >= 0.6 is 0 Å². The number of hydrogen-bond acceptors (Lipinski definition) is 2. The summed E-state index contributed by atoms with van der Waals surface area (Å²) in [7, 11) is -2.81. The van der Waals surface area contributed by atoms with Crippen LogP contribution in [0.2, 0.25) is 0 Å². The highest BCUT2D eigenvalue weighted by Gasteiger charge is 2.43. The van der Waals surface area contributed by atoms with Crippen LogP contribution in [0.15, 0.2) is 200 Å². The maximum absolute atomic E-state index is 7.28. The summed E-state index contributed by atoms with van der Waals surface area (Å²) >= 11 is 0. The Bertz CT molecular complexity index is 3270. The fourth-order valence-corrected chi connectivity index (χ4v) is 16.1. The van der Waals surface area contributed by atoms with Gasteiger partial charge in [0, 0.05) is 5.46 Å². The number of fused-ring (bicyclic) bond motifs is 4. The SMILES string of the molecule is CC(C)(C)c1cc(-c2ccc3c(c2)Oc2cc(-c4cccc([Si](c5ccccc5)(c5ccccc5)c5ccccc5)c4)cc4c2B3c2ccc(-c3cc(C(C)(C)C)cc(C(C)(C)C)c3)cc2O4)cc(C(C)(C)C)c1. The lowest BCUT2D eigenvalue weighted by Crippen LogP contribution is -2.74. The molecule has 2 aliphatic heterocycles. The van der Waals surface area contributed by atoms with E-state index in [2.05, 4.69) is 283 Å². The average molecular weight is 981 g/mol. The Hall–Kier alpha value is -7.14. The molecule has 74 heavy (non-hydrogen) atoms. The number of ether oxygens (including phenoxy) is 2. The second-order valence-corrected chi connectivity index (χ2v) is 28.9. The molecule has 2 aliphatic rings. The molecule has 2 heterocycles. The van der Waals surface area contributed by atoms with E-state index in [1.807, 2.05) is 0 Å². The smallest absolute Gasteiger partial charge is 0.260 e. The van der Waals surface area contributed by atoms with Crippen molar-refractivity contribution in [1.82, 2.24) is 0 Å². The lowest BCUT2D eigenvalue weighted by Gasteiger charge is -2.35. The summed E-state index contributed by atoms with van der Waals surface area (Å²) in [6, 6.07) is 75.4. The van der Waals surface area contributed by atoms with Gasteiger partial charge in [-0.3, -0.25) is 0 Å². The van der Waals surface area contributed by atoms with Gasteiger partial charge in [-0.25, -0.2) is 0 Å². The minimum atomic E-state index is -2.81. The van der Waals surface area contributed by atoms with Gasteiger partial charge in [-0.2, -0.15) is 0 Å². The third kappa shape index (κ3) is 8.85. The highest BCUT2D eigenvalue weighted by atomic mass is 28.3. The molecule has 0 N–H and O–H groups in total. The summed E-state index contributed by atoms with van der Waals surface area (Å²) in [6.45, 7) is 27.6. The molecule has 0 aliphatic carbocycles. The van der Waals surface area contributed by atoms with Crippen LogP contribution in [0.5, 0.6) is 23.0 Å². The normalized spacial score (nSPS) is 13.3. The summed E-state index contributed by atoms with van der Waals surface area (Å²) in [6.07, 6.45) is 0. The summed E-state index contributed by atoms with van der Waals surface area (Å²) in [5, 5.41) is 5.34. The van der Waals surface area contributed by atoms with E-state index in [9.17, 15) is 0 Å². The van der Waals surface area contributed by atoms with Crippen molar-refractivity contribution in [3.63, 3.8) is 0 Å². The molecule has 9 aromatic carbocycles. The topological polar surface area (TPSA) is 18.5 Å². The van der Waals surface area contributed by atoms with Crippen LogP contribution in [0.3, 0.4) is 0 Å². The molecule has 9 aromatic rings. The van der Waals surface area contributed by atoms with Crippen molar-refractivity contribution in [2.24, 2.45) is 0 Å². The Labute approximate surface area is 442 Å². The van der Waals surface area contributed by atoms with E-state index in [1.165, 1.54) is 54.1 Å². The van der Waals surface area contributed by atoms with E-state index < -0.39 is 8.07 Å². The molecule has 368 valence electrons. The molecule has 0 aromatic heterocycles. The minimum absolute atomic E-state index is 0.0117. The Kier molecular flexibility index (Phi) is 12.0. The van der Waals surface area contributed by atoms with Crippen LogP contribution in [0, 0.1) is 0 Å². The van der Waals surface area contributed by atoms with Gasteiger partial charge < -0.3 is 9.47 Å². The van der Waals surface area contributed by atoms with Crippen LogP contribution in [0.25, 0.3) is 33.4 Å². The van der Waals surface area contributed by atoms with Crippen molar-refractivity contribution >= 4 is 51.9 Å². The quantitative estimate of drug-likeness (QED) is 0.117. The maximum Gasteiger partial charge on any atom is 0.260 e. The van der Waals surface area contributed by atoms with E-state index in [-0.39, 0.29) is 28.4 Å². The summed E-state index contributed by atoms with van der Waals surface area (Å²) in [5.41, 5.74) is 15.5. The van der Waals surface area contributed by atoms with E-state index in [1.54, 1.807) is 0 Å². The molecule has 0 atom stereocenters. The first-order valence-corrected chi connectivity index (χ1v) is 28.6. The highest BCUT2D eigenvalue weighted by molar-refractivity contribution is 7.20. The van der Waals surface area contributed by atoms with Crippen molar-refractivity contribution in [1.29, 1.82) is 0 Å². The molecular formula is C70H69BO2Si. The van der Waals surface area contributed by atoms with Gasteiger partial charge in [-0.15, -0.1) is 0 Å². The fourth-order valence-electron chi connectivity index (χ4n) is 11.3. The minimum Gasteiger partial charge on any atom is -0.458 e. The molecule has 0 radical (unpaired) electrons. The third-order valence-corrected chi connectivity index (χ3v) is 20.5. The maximum atomic E-state index is 7.28. The Morgan fingerprint density at radius 1 is 0.284 bits per heavy atom. The molecule has 0 spiro atoms. The molecule has 0 amide bonds.